The number of halogens is 1. The van der Waals surface area contributed by atoms with Crippen LogP contribution in [-0.4, -0.2) is 28.6 Å². The minimum Gasteiger partial charge on any atom is -0.454 e. The van der Waals surface area contributed by atoms with Gasteiger partial charge in [-0.15, -0.1) is 0 Å². The zero-order valence-electron chi connectivity index (χ0n) is 16.8. The third-order valence-corrected chi connectivity index (χ3v) is 5.78. The van der Waals surface area contributed by atoms with E-state index >= 15 is 0 Å². The average molecular weight is 440 g/mol. The number of nitrogens with one attached hydrogen (secondary N) is 1. The minimum absolute atomic E-state index is 0.223. The summed E-state index contributed by atoms with van der Waals surface area (Å²) in [6.07, 6.45) is 3.70. The second kappa shape index (κ2) is 8.61. The van der Waals surface area contributed by atoms with Crippen LogP contribution in [0.2, 0.25) is 5.02 Å². The van der Waals surface area contributed by atoms with E-state index in [0.717, 1.165) is 35.5 Å². The molecule has 2 aromatic carbocycles. The van der Waals surface area contributed by atoms with Crippen LogP contribution in [0.3, 0.4) is 0 Å². The van der Waals surface area contributed by atoms with E-state index < -0.39 is 0 Å². The first-order chi connectivity index (χ1) is 15.2. The summed E-state index contributed by atoms with van der Waals surface area (Å²) in [5.41, 5.74) is 2.26. The highest BCUT2D eigenvalue weighted by molar-refractivity contribution is 6.31. The highest BCUT2D eigenvalue weighted by Gasteiger charge is 2.30. The Labute approximate surface area is 184 Å². The summed E-state index contributed by atoms with van der Waals surface area (Å²) in [7, 11) is 0. The van der Waals surface area contributed by atoms with Gasteiger partial charge in [0.25, 0.3) is 5.91 Å². The van der Waals surface area contributed by atoms with Gasteiger partial charge in [-0.1, -0.05) is 35.9 Å². The Morgan fingerprint density at radius 1 is 1.13 bits per heavy atom. The number of fused-ring (bicyclic) bond motifs is 1. The number of benzene rings is 2. The molecule has 1 saturated carbocycles. The molecule has 1 aromatic heterocycles. The molecule has 1 amide bonds. The lowest BCUT2D eigenvalue weighted by atomic mass is 10.2. The Balaban J connectivity index is 1.20. The minimum atomic E-state index is -0.281. The van der Waals surface area contributed by atoms with E-state index in [2.05, 4.69) is 15.2 Å². The van der Waals surface area contributed by atoms with E-state index in [9.17, 15) is 4.79 Å². The van der Waals surface area contributed by atoms with Gasteiger partial charge in [-0.2, -0.15) is 0 Å². The molecule has 160 valence electrons. The first-order valence-electron chi connectivity index (χ1n) is 10.2. The number of hydrogen-bond donors (Lipinski definition) is 1. The third-order valence-electron chi connectivity index (χ3n) is 5.41. The lowest BCUT2D eigenvalue weighted by Crippen LogP contribution is -2.26. The van der Waals surface area contributed by atoms with E-state index in [1.807, 2.05) is 42.5 Å². The predicted molar refractivity (Wildman–Crippen MR) is 114 cm³/mol. The lowest BCUT2D eigenvalue weighted by Gasteiger charge is -2.20. The SMILES string of the molecule is O=C(NCc1ccc2c(c1)OCO2)c1coc(CN(Cc2ccccc2Cl)C2CC2)n1. The molecule has 1 aliphatic heterocycles. The maximum Gasteiger partial charge on any atom is 0.273 e. The number of oxazole rings is 1. The number of aromatic nitrogens is 1. The number of rotatable bonds is 8. The Hall–Kier alpha value is -3.03. The van der Waals surface area contributed by atoms with Crippen LogP contribution < -0.4 is 14.8 Å². The van der Waals surface area contributed by atoms with Crippen LogP contribution in [-0.2, 0) is 19.6 Å². The second-order valence-electron chi connectivity index (χ2n) is 7.72. The van der Waals surface area contributed by atoms with Gasteiger partial charge in [-0.25, -0.2) is 4.98 Å². The van der Waals surface area contributed by atoms with E-state index in [1.54, 1.807) is 0 Å². The quantitative estimate of drug-likeness (QED) is 0.568. The van der Waals surface area contributed by atoms with Crippen molar-refractivity contribution in [1.29, 1.82) is 0 Å². The van der Waals surface area contributed by atoms with Crippen LogP contribution in [0.25, 0.3) is 0 Å². The first-order valence-corrected chi connectivity index (χ1v) is 10.6. The van der Waals surface area contributed by atoms with Crippen molar-refractivity contribution in [2.24, 2.45) is 0 Å². The van der Waals surface area contributed by atoms with Gasteiger partial charge < -0.3 is 19.2 Å². The maximum atomic E-state index is 12.5. The number of ether oxygens (including phenoxy) is 2. The van der Waals surface area contributed by atoms with Crippen LogP contribution in [0, 0.1) is 0 Å². The van der Waals surface area contributed by atoms with Crippen molar-refractivity contribution < 1.29 is 18.7 Å². The van der Waals surface area contributed by atoms with Crippen LogP contribution in [0.4, 0.5) is 0 Å². The second-order valence-corrected chi connectivity index (χ2v) is 8.13. The maximum absolute atomic E-state index is 12.5. The number of nitrogens with zero attached hydrogens (tertiary/aromatic N) is 2. The summed E-state index contributed by atoms with van der Waals surface area (Å²) in [5, 5.41) is 3.62. The van der Waals surface area contributed by atoms with Crippen LogP contribution >= 0.6 is 11.6 Å². The van der Waals surface area contributed by atoms with Gasteiger partial charge in [0.05, 0.1) is 6.54 Å². The molecule has 1 N–H and O–H groups in total. The zero-order chi connectivity index (χ0) is 21.2. The van der Waals surface area contributed by atoms with Gasteiger partial charge in [-0.05, 0) is 42.2 Å². The highest BCUT2D eigenvalue weighted by atomic mass is 35.5. The lowest BCUT2D eigenvalue weighted by molar-refractivity contribution is 0.0945. The first kappa shape index (κ1) is 19.9. The van der Waals surface area contributed by atoms with Crippen molar-refractivity contribution in [3.63, 3.8) is 0 Å². The molecule has 0 atom stereocenters. The number of amides is 1. The molecule has 5 rings (SSSR count). The Morgan fingerprint density at radius 2 is 1.97 bits per heavy atom. The standard InChI is InChI=1S/C23H22ClN3O4/c24-18-4-2-1-3-16(18)11-27(17-6-7-17)12-22-26-19(13-29-22)23(28)25-10-15-5-8-20-21(9-15)31-14-30-20/h1-5,8-9,13,17H,6-7,10-12,14H2,(H,25,28). The molecule has 8 heteroatoms. The zero-order valence-corrected chi connectivity index (χ0v) is 17.6. The van der Waals surface area contributed by atoms with Gasteiger partial charge in [0.2, 0.25) is 12.7 Å². The van der Waals surface area contributed by atoms with E-state index in [4.69, 9.17) is 25.5 Å². The molecule has 2 aliphatic rings. The largest absolute Gasteiger partial charge is 0.454 e. The van der Waals surface area contributed by atoms with Gasteiger partial charge >= 0.3 is 0 Å². The molecule has 0 spiro atoms. The summed E-state index contributed by atoms with van der Waals surface area (Å²) in [5.74, 6) is 1.64. The van der Waals surface area contributed by atoms with E-state index in [0.29, 0.717) is 36.5 Å². The van der Waals surface area contributed by atoms with Crippen LogP contribution in [0.15, 0.2) is 53.1 Å². The molecule has 0 saturated heterocycles. The summed E-state index contributed by atoms with van der Waals surface area (Å²) in [4.78, 5) is 19.2. The van der Waals surface area contributed by atoms with Crippen molar-refractivity contribution >= 4 is 17.5 Å². The molecule has 3 aromatic rings. The van der Waals surface area contributed by atoms with Crippen molar-refractivity contribution in [1.82, 2.24) is 15.2 Å². The smallest absolute Gasteiger partial charge is 0.273 e. The third kappa shape index (κ3) is 4.68. The highest BCUT2D eigenvalue weighted by Crippen LogP contribution is 2.33. The average Bonchev–Trinajstić information content (AvgIpc) is 3.34. The fourth-order valence-corrected chi connectivity index (χ4v) is 3.78. The van der Waals surface area contributed by atoms with Gasteiger partial charge in [0.15, 0.2) is 17.2 Å². The van der Waals surface area contributed by atoms with Crippen molar-refractivity contribution in [3.05, 3.63) is 76.5 Å². The topological polar surface area (TPSA) is 76.8 Å². The van der Waals surface area contributed by atoms with Crippen LogP contribution in [0.5, 0.6) is 11.5 Å². The van der Waals surface area contributed by atoms with E-state index in [1.165, 1.54) is 6.26 Å². The summed E-state index contributed by atoms with van der Waals surface area (Å²) in [6, 6.07) is 13.9. The molecule has 2 heterocycles. The molecule has 0 unspecified atom stereocenters. The molecule has 0 bridgehead atoms. The normalized spacial score (nSPS) is 14.8. The Morgan fingerprint density at radius 3 is 2.81 bits per heavy atom. The van der Waals surface area contributed by atoms with Crippen LogP contribution in [0.1, 0.15) is 40.3 Å². The number of hydrogen-bond acceptors (Lipinski definition) is 6. The monoisotopic (exact) mass is 439 g/mol. The summed E-state index contributed by atoms with van der Waals surface area (Å²) in [6.45, 7) is 1.84. The molecule has 31 heavy (non-hydrogen) atoms. The summed E-state index contributed by atoms with van der Waals surface area (Å²) < 4.78 is 16.3. The van der Waals surface area contributed by atoms with Gasteiger partial charge in [0.1, 0.15) is 6.26 Å². The van der Waals surface area contributed by atoms with Gasteiger partial charge in [-0.3, -0.25) is 9.69 Å². The Kier molecular flexibility index (Phi) is 5.53. The summed E-state index contributed by atoms with van der Waals surface area (Å²) >= 11 is 6.33. The molecule has 1 aliphatic carbocycles. The molecule has 1 fully saturated rings. The molecular weight excluding hydrogens is 418 g/mol. The van der Waals surface area contributed by atoms with E-state index in [-0.39, 0.29) is 18.4 Å². The van der Waals surface area contributed by atoms with Gasteiger partial charge in [0, 0.05) is 24.2 Å². The van der Waals surface area contributed by atoms with Crippen molar-refractivity contribution in [2.75, 3.05) is 6.79 Å². The fourth-order valence-electron chi connectivity index (χ4n) is 3.58. The molecule has 7 nitrogen and oxygen atoms in total. The number of carbonyl (C=O) groups is 1. The molecular formula is C23H22ClN3O4. The fraction of sp³-hybridized carbons (Fsp3) is 0.304. The van der Waals surface area contributed by atoms with Crippen molar-refractivity contribution in [3.8, 4) is 11.5 Å². The Bertz CT molecular complexity index is 1100. The predicted octanol–water partition coefficient (Wildman–Crippen LogP) is 4.15. The number of carbonyl (C=O) groups excluding carboxylic acids is 1. The van der Waals surface area contributed by atoms with Crippen molar-refractivity contribution in [2.45, 2.75) is 38.5 Å². The molecule has 0 radical (unpaired) electrons.